The van der Waals surface area contributed by atoms with Crippen molar-refractivity contribution in [1.82, 2.24) is 0 Å². The lowest BCUT2D eigenvalue weighted by Crippen LogP contribution is -1.98. The Balaban J connectivity index is 3.75. The van der Waals surface area contributed by atoms with Crippen LogP contribution in [0.5, 0.6) is 0 Å². The third kappa shape index (κ3) is 7.00. The summed E-state index contributed by atoms with van der Waals surface area (Å²) >= 11 is 0. The molecule has 0 unspecified atom stereocenters. The summed E-state index contributed by atoms with van der Waals surface area (Å²) in [6.07, 6.45) is 4.73. The molecule has 0 N–H and O–H groups in total. The monoisotopic (exact) mass is 182 g/mol. The second-order valence-electron chi connectivity index (χ2n) is 2.45. The van der Waals surface area contributed by atoms with E-state index in [2.05, 4.69) is 11.3 Å². The second-order valence-corrected chi connectivity index (χ2v) is 2.45. The summed E-state index contributed by atoms with van der Waals surface area (Å²) in [5.74, 6) is -0.380. The molecule has 72 valence electrons. The van der Waals surface area contributed by atoms with Crippen LogP contribution in [0.2, 0.25) is 0 Å². The number of ether oxygens (including phenoxy) is 1. The Morgan fingerprint density at radius 3 is 2.69 bits per heavy atom. The largest absolute Gasteiger partial charge is 0.463 e. The van der Waals surface area contributed by atoms with E-state index in [-0.39, 0.29) is 5.97 Å². The Bertz CT molecular complexity index is 216. The fraction of sp³-hybridized carbons (Fsp3) is 0.400. The van der Waals surface area contributed by atoms with Crippen molar-refractivity contribution < 1.29 is 14.3 Å². The van der Waals surface area contributed by atoms with Gasteiger partial charge in [0.1, 0.15) is 6.29 Å². The van der Waals surface area contributed by atoms with Gasteiger partial charge in [0, 0.05) is 12.5 Å². The first-order chi connectivity index (χ1) is 6.20. The number of hydrogen-bond acceptors (Lipinski definition) is 3. The van der Waals surface area contributed by atoms with Crippen LogP contribution in [0, 0.1) is 0 Å². The van der Waals surface area contributed by atoms with E-state index >= 15 is 0 Å². The van der Waals surface area contributed by atoms with Crippen LogP contribution in [0.4, 0.5) is 0 Å². The first-order valence-corrected chi connectivity index (χ1v) is 4.17. The number of allylic oxidation sites excluding steroid dienone is 2. The maximum Gasteiger partial charge on any atom is 0.330 e. The number of rotatable bonds is 6. The summed E-state index contributed by atoms with van der Waals surface area (Å²) in [7, 11) is 0. The Morgan fingerprint density at radius 1 is 1.46 bits per heavy atom. The first-order valence-electron chi connectivity index (χ1n) is 4.17. The van der Waals surface area contributed by atoms with Gasteiger partial charge in [-0.25, -0.2) is 4.79 Å². The van der Waals surface area contributed by atoms with Crippen molar-refractivity contribution in [2.75, 3.05) is 6.61 Å². The Hall–Kier alpha value is -1.38. The van der Waals surface area contributed by atoms with Crippen LogP contribution < -0.4 is 0 Å². The van der Waals surface area contributed by atoms with Crippen LogP contribution in [0.25, 0.3) is 0 Å². The molecule has 0 bridgehead atoms. The highest BCUT2D eigenvalue weighted by molar-refractivity contribution is 5.82. The van der Waals surface area contributed by atoms with Gasteiger partial charge in [-0.3, -0.25) is 0 Å². The van der Waals surface area contributed by atoms with Gasteiger partial charge in [0.15, 0.2) is 0 Å². The van der Waals surface area contributed by atoms with Crippen molar-refractivity contribution in [2.45, 2.75) is 19.8 Å². The van der Waals surface area contributed by atoms with E-state index in [9.17, 15) is 9.59 Å². The van der Waals surface area contributed by atoms with Crippen LogP contribution in [-0.4, -0.2) is 18.9 Å². The lowest BCUT2D eigenvalue weighted by Gasteiger charge is -1.96. The van der Waals surface area contributed by atoms with E-state index < -0.39 is 0 Å². The molecule has 0 fully saturated rings. The molecule has 3 nitrogen and oxygen atoms in total. The lowest BCUT2D eigenvalue weighted by atomic mass is 10.1. The van der Waals surface area contributed by atoms with Gasteiger partial charge in [0.25, 0.3) is 0 Å². The average Bonchev–Trinajstić information content (AvgIpc) is 2.12. The average molecular weight is 182 g/mol. The van der Waals surface area contributed by atoms with Gasteiger partial charge in [-0.05, 0) is 13.3 Å². The quantitative estimate of drug-likeness (QED) is 0.271. The molecule has 3 heteroatoms. The van der Waals surface area contributed by atoms with Crippen molar-refractivity contribution in [3.8, 4) is 0 Å². The zero-order valence-electron chi connectivity index (χ0n) is 7.79. The third-order valence-electron chi connectivity index (χ3n) is 1.33. The van der Waals surface area contributed by atoms with E-state index in [0.29, 0.717) is 19.4 Å². The van der Waals surface area contributed by atoms with E-state index in [1.165, 1.54) is 6.08 Å². The number of esters is 1. The third-order valence-corrected chi connectivity index (χ3v) is 1.33. The molecule has 0 radical (unpaired) electrons. The summed E-state index contributed by atoms with van der Waals surface area (Å²) in [5, 5.41) is 0. The van der Waals surface area contributed by atoms with Crippen molar-refractivity contribution in [1.29, 1.82) is 0 Å². The predicted molar refractivity (Wildman–Crippen MR) is 50.2 cm³/mol. The highest BCUT2D eigenvalue weighted by Crippen LogP contribution is 2.02. The molecule has 0 aliphatic carbocycles. The van der Waals surface area contributed by atoms with Gasteiger partial charge in [-0.1, -0.05) is 18.2 Å². The summed E-state index contributed by atoms with van der Waals surface area (Å²) in [4.78, 5) is 20.8. The number of carbonyl (C=O) groups is 2. The minimum Gasteiger partial charge on any atom is -0.463 e. The molecule has 0 aromatic heterocycles. The Morgan fingerprint density at radius 2 is 2.15 bits per heavy atom. The predicted octanol–water partition coefficient (Wildman–Crippen LogP) is 1.64. The van der Waals surface area contributed by atoms with Gasteiger partial charge in [0.05, 0.1) is 6.61 Å². The van der Waals surface area contributed by atoms with Gasteiger partial charge < -0.3 is 9.53 Å². The highest BCUT2D eigenvalue weighted by Gasteiger charge is 1.94. The van der Waals surface area contributed by atoms with Crippen LogP contribution in [-0.2, 0) is 14.3 Å². The van der Waals surface area contributed by atoms with E-state index in [1.54, 1.807) is 13.0 Å². The van der Waals surface area contributed by atoms with Crippen LogP contribution in [0.3, 0.4) is 0 Å². The molecule has 0 spiro atoms. The molecule has 0 aromatic rings. The summed E-state index contributed by atoms with van der Waals surface area (Å²) < 4.78 is 4.66. The van der Waals surface area contributed by atoms with Gasteiger partial charge in [0.2, 0.25) is 0 Å². The van der Waals surface area contributed by atoms with Crippen LogP contribution >= 0.6 is 0 Å². The van der Waals surface area contributed by atoms with Crippen LogP contribution in [0.15, 0.2) is 24.3 Å². The molecule has 0 aliphatic rings. The zero-order chi connectivity index (χ0) is 10.1. The Labute approximate surface area is 78.1 Å². The minimum absolute atomic E-state index is 0.365. The molecule has 0 heterocycles. The summed E-state index contributed by atoms with van der Waals surface area (Å²) in [6, 6.07) is 0. The second kappa shape index (κ2) is 7.28. The summed E-state index contributed by atoms with van der Waals surface area (Å²) in [6.45, 7) is 5.78. The molecule has 0 aliphatic heterocycles. The van der Waals surface area contributed by atoms with Crippen molar-refractivity contribution in [3.63, 3.8) is 0 Å². The molecular formula is C10H14O3. The van der Waals surface area contributed by atoms with Crippen molar-refractivity contribution in [2.24, 2.45) is 0 Å². The Kier molecular flexibility index (Phi) is 6.51. The molecule has 0 aromatic carbocycles. The fourth-order valence-corrected chi connectivity index (χ4v) is 0.704. The normalized spacial score (nSPS) is 9.92. The molecule has 0 saturated carbocycles. The zero-order valence-corrected chi connectivity index (χ0v) is 7.79. The molecular weight excluding hydrogens is 168 g/mol. The first kappa shape index (κ1) is 11.6. The molecule has 0 saturated heterocycles. The maximum atomic E-state index is 10.8. The van der Waals surface area contributed by atoms with Gasteiger partial charge in [-0.15, -0.1) is 0 Å². The number of hydrogen-bond donors (Lipinski definition) is 0. The van der Waals surface area contributed by atoms with Crippen molar-refractivity contribution >= 4 is 12.3 Å². The topological polar surface area (TPSA) is 43.4 Å². The highest BCUT2D eigenvalue weighted by atomic mass is 16.5. The molecule has 0 atom stereocenters. The van der Waals surface area contributed by atoms with Crippen LogP contribution in [0.1, 0.15) is 19.8 Å². The number of aldehydes is 1. The summed E-state index contributed by atoms with van der Waals surface area (Å²) in [5.41, 5.74) is 0.750. The number of carbonyl (C=O) groups excluding carboxylic acids is 2. The molecule has 0 amide bonds. The minimum atomic E-state index is -0.380. The molecule has 13 heavy (non-hydrogen) atoms. The van der Waals surface area contributed by atoms with Gasteiger partial charge in [-0.2, -0.15) is 0 Å². The van der Waals surface area contributed by atoms with E-state index in [4.69, 9.17) is 0 Å². The van der Waals surface area contributed by atoms with Crippen molar-refractivity contribution in [3.05, 3.63) is 24.3 Å². The maximum absolute atomic E-state index is 10.8. The lowest BCUT2D eigenvalue weighted by molar-refractivity contribution is -0.137. The van der Waals surface area contributed by atoms with Gasteiger partial charge >= 0.3 is 5.97 Å². The van der Waals surface area contributed by atoms with E-state index in [0.717, 1.165) is 11.9 Å². The molecule has 0 rings (SSSR count). The fourth-order valence-electron chi connectivity index (χ4n) is 0.704. The SMILES string of the molecule is C=C(/C=C/C(=O)OCC)CCC=O. The smallest absolute Gasteiger partial charge is 0.330 e. The standard InChI is InChI=1S/C10H14O3/c1-3-13-10(12)7-6-9(2)5-4-8-11/h6-8H,2-5H2,1H3/b7-6+. The van der Waals surface area contributed by atoms with E-state index in [1.807, 2.05) is 0 Å².